The number of aryl methyl sites for hydroxylation is 1. The smallest absolute Gasteiger partial charge is 0.240 e. The van der Waals surface area contributed by atoms with Gasteiger partial charge in [-0.05, 0) is 72.3 Å². The van der Waals surface area contributed by atoms with Gasteiger partial charge in [0.1, 0.15) is 0 Å². The van der Waals surface area contributed by atoms with Crippen molar-refractivity contribution in [2.45, 2.75) is 64.1 Å². The van der Waals surface area contributed by atoms with Crippen LogP contribution in [-0.4, -0.2) is 46.2 Å². The lowest BCUT2D eigenvalue weighted by Gasteiger charge is -2.37. The zero-order valence-electron chi connectivity index (χ0n) is 25.9. The molecule has 1 saturated heterocycles. The van der Waals surface area contributed by atoms with Crippen molar-refractivity contribution < 1.29 is 19.2 Å². The number of fused-ring (bicyclic) bond motifs is 2. The number of aromatic nitrogens is 1. The third kappa shape index (κ3) is 6.17. The summed E-state index contributed by atoms with van der Waals surface area (Å²) in [5.41, 5.74) is 10.3. The summed E-state index contributed by atoms with van der Waals surface area (Å²) >= 11 is 1.56. The Labute approximate surface area is 267 Å². The van der Waals surface area contributed by atoms with Crippen LogP contribution in [-0.2, 0) is 45.6 Å². The summed E-state index contributed by atoms with van der Waals surface area (Å²) in [7, 11) is 1.95. The third-order valence-electron chi connectivity index (χ3n) is 8.87. The molecule has 2 aliphatic rings. The zero-order chi connectivity index (χ0) is 31.9. The number of nitrogens with two attached hydrogens (primary N) is 1. The molecule has 0 radical (unpaired) electrons. The van der Waals surface area contributed by atoms with Crippen LogP contribution in [0.25, 0.3) is 10.9 Å². The Morgan fingerprint density at radius 1 is 1.11 bits per heavy atom. The molecule has 0 spiro atoms. The molecule has 3 N–H and O–H groups in total. The van der Waals surface area contributed by atoms with Gasteiger partial charge < -0.3 is 25.4 Å². The van der Waals surface area contributed by atoms with Crippen LogP contribution in [0.4, 0.5) is 11.4 Å². The molecule has 234 valence electrons. The van der Waals surface area contributed by atoms with Crippen molar-refractivity contribution in [2.24, 2.45) is 18.7 Å². The van der Waals surface area contributed by atoms with Gasteiger partial charge in [-0.15, -0.1) is 0 Å². The van der Waals surface area contributed by atoms with Crippen molar-refractivity contribution in [3.63, 3.8) is 0 Å². The highest BCUT2D eigenvalue weighted by molar-refractivity contribution is 7.07. The molecule has 0 bridgehead atoms. The predicted molar refractivity (Wildman–Crippen MR) is 177 cm³/mol. The second-order valence-corrected chi connectivity index (χ2v) is 13.6. The highest BCUT2D eigenvalue weighted by atomic mass is 32.1. The van der Waals surface area contributed by atoms with Gasteiger partial charge in [-0.1, -0.05) is 30.3 Å². The van der Waals surface area contributed by atoms with Crippen molar-refractivity contribution in [1.29, 1.82) is 0 Å². The van der Waals surface area contributed by atoms with Crippen LogP contribution in [0.15, 0.2) is 65.5 Å². The van der Waals surface area contributed by atoms with E-state index in [1.54, 1.807) is 35.0 Å². The predicted octanol–water partition coefficient (Wildman–Crippen LogP) is 4.50. The molecule has 6 rings (SSSR count). The van der Waals surface area contributed by atoms with E-state index in [1.807, 2.05) is 77.1 Å². The first-order valence-corrected chi connectivity index (χ1v) is 16.4. The lowest BCUT2D eigenvalue weighted by atomic mass is 9.85. The summed E-state index contributed by atoms with van der Waals surface area (Å²) in [6.45, 7) is 4.17. The Morgan fingerprint density at radius 3 is 2.62 bits per heavy atom. The van der Waals surface area contributed by atoms with Crippen molar-refractivity contribution in [3.05, 3.63) is 82.2 Å². The largest absolute Gasteiger partial charge is 0.350 e. The number of thiophene rings is 1. The number of carbonyl (C=O) groups is 4. The molecule has 10 heteroatoms. The summed E-state index contributed by atoms with van der Waals surface area (Å²) in [5, 5.41) is 7.90. The highest BCUT2D eigenvalue weighted by Gasteiger charge is 2.39. The number of ketones is 1. The topological polar surface area (TPSA) is 118 Å². The minimum Gasteiger partial charge on any atom is -0.350 e. The number of nitrogens with one attached hydrogen (secondary N) is 1. The molecule has 0 aliphatic carbocycles. The van der Waals surface area contributed by atoms with Gasteiger partial charge in [0.2, 0.25) is 17.7 Å². The number of hydrogen-bond acceptors (Lipinski definition) is 6. The minimum absolute atomic E-state index is 0.0357. The molecule has 2 aliphatic heterocycles. The number of anilines is 2. The van der Waals surface area contributed by atoms with Crippen LogP contribution >= 0.6 is 11.3 Å². The lowest BCUT2D eigenvalue weighted by molar-refractivity contribution is -0.132. The van der Waals surface area contributed by atoms with Crippen molar-refractivity contribution in [2.75, 3.05) is 16.3 Å². The van der Waals surface area contributed by atoms with Crippen LogP contribution < -0.4 is 20.9 Å². The number of rotatable bonds is 10. The van der Waals surface area contributed by atoms with Crippen molar-refractivity contribution in [1.82, 2.24) is 9.88 Å². The maximum absolute atomic E-state index is 14.3. The van der Waals surface area contributed by atoms with Gasteiger partial charge in [0.15, 0.2) is 5.78 Å². The summed E-state index contributed by atoms with van der Waals surface area (Å²) in [6, 6.07) is 14.9. The standard InChI is InChI=1S/C35H39N5O4S/c1-35(2,36)34(44)37-27(17-25-20-38(3)28-10-5-4-9-26(25)28)30(41)18-24-16-23-8-6-11-29(39-14-7-12-31(39)42)32(23)40(33(24)43)19-22-13-15-45-21-22/h4-6,8-11,13,15,20-21,24,27H,7,12,14,16-19,36H2,1-3H3,(H,37,44)/t24?,27-/m1/s1. The second kappa shape index (κ2) is 12.3. The Bertz CT molecular complexity index is 1770. The summed E-state index contributed by atoms with van der Waals surface area (Å²) in [4.78, 5) is 57.8. The first kappa shape index (κ1) is 30.7. The molecular weight excluding hydrogens is 586 g/mol. The van der Waals surface area contributed by atoms with Crippen LogP contribution in [0.2, 0.25) is 0 Å². The van der Waals surface area contributed by atoms with E-state index in [9.17, 15) is 19.2 Å². The quantitative estimate of drug-likeness (QED) is 0.269. The van der Waals surface area contributed by atoms with Gasteiger partial charge in [0.05, 0.1) is 29.5 Å². The average Bonchev–Trinajstić information content (AvgIpc) is 3.75. The highest BCUT2D eigenvalue weighted by Crippen LogP contribution is 2.42. The lowest BCUT2D eigenvalue weighted by Crippen LogP contribution is -2.55. The number of Topliss-reactive ketones (excluding diaryl/α,β-unsaturated/α-hetero) is 1. The van der Waals surface area contributed by atoms with Gasteiger partial charge in [-0.3, -0.25) is 19.2 Å². The van der Waals surface area contributed by atoms with E-state index in [0.29, 0.717) is 25.9 Å². The molecule has 2 aromatic carbocycles. The molecular formula is C35H39N5O4S. The Hall–Kier alpha value is -4.28. The van der Waals surface area contributed by atoms with E-state index in [-0.39, 0.29) is 30.4 Å². The number of amides is 3. The molecule has 1 unspecified atom stereocenters. The van der Waals surface area contributed by atoms with Crippen molar-refractivity contribution >= 4 is 57.1 Å². The van der Waals surface area contributed by atoms with E-state index in [0.717, 1.165) is 45.4 Å². The monoisotopic (exact) mass is 625 g/mol. The summed E-state index contributed by atoms with van der Waals surface area (Å²) in [5.74, 6) is -1.37. The Balaban J connectivity index is 1.32. The molecule has 1 fully saturated rings. The maximum Gasteiger partial charge on any atom is 0.240 e. The Morgan fingerprint density at radius 2 is 1.91 bits per heavy atom. The van der Waals surface area contributed by atoms with E-state index in [1.165, 1.54) is 0 Å². The van der Waals surface area contributed by atoms with Crippen molar-refractivity contribution in [3.8, 4) is 0 Å². The van der Waals surface area contributed by atoms with Gasteiger partial charge >= 0.3 is 0 Å². The number of benzene rings is 2. The molecule has 3 amide bonds. The third-order valence-corrected chi connectivity index (χ3v) is 9.60. The zero-order valence-corrected chi connectivity index (χ0v) is 26.7. The van der Waals surface area contributed by atoms with E-state index >= 15 is 0 Å². The summed E-state index contributed by atoms with van der Waals surface area (Å²) < 4.78 is 2.01. The fraction of sp³-hybridized carbons (Fsp3) is 0.371. The maximum atomic E-state index is 14.3. The molecule has 9 nitrogen and oxygen atoms in total. The number of nitrogens with zero attached hydrogens (tertiary/aromatic N) is 3. The fourth-order valence-corrected chi connectivity index (χ4v) is 7.18. The van der Waals surface area contributed by atoms with Gasteiger partial charge in [0, 0.05) is 55.9 Å². The molecule has 2 atom stereocenters. The van der Waals surface area contributed by atoms with Crippen LogP contribution in [0.5, 0.6) is 0 Å². The Kier molecular flexibility index (Phi) is 8.37. The number of para-hydroxylation sites is 2. The average molecular weight is 626 g/mol. The number of carbonyl (C=O) groups excluding carboxylic acids is 4. The molecule has 4 heterocycles. The fourth-order valence-electron chi connectivity index (χ4n) is 6.52. The molecule has 45 heavy (non-hydrogen) atoms. The SMILES string of the molecule is Cn1cc(C[C@@H](NC(=O)C(C)(C)N)C(=O)CC2Cc3cccc(N4CCCC4=O)c3N(Cc3ccsc3)C2=O)c2ccccc21. The van der Waals surface area contributed by atoms with E-state index in [4.69, 9.17) is 5.73 Å². The molecule has 2 aromatic heterocycles. The van der Waals surface area contributed by atoms with Gasteiger partial charge in [-0.25, -0.2) is 0 Å². The van der Waals surface area contributed by atoms with Gasteiger partial charge in [-0.2, -0.15) is 11.3 Å². The number of hydrogen-bond donors (Lipinski definition) is 2. The van der Waals surface area contributed by atoms with Gasteiger partial charge in [0.25, 0.3) is 0 Å². The van der Waals surface area contributed by atoms with E-state index < -0.39 is 23.4 Å². The molecule has 0 saturated carbocycles. The second-order valence-electron chi connectivity index (χ2n) is 12.8. The van der Waals surface area contributed by atoms with Crippen LogP contribution in [0.3, 0.4) is 0 Å². The molecule has 4 aromatic rings. The first-order chi connectivity index (χ1) is 21.5. The first-order valence-electron chi connectivity index (χ1n) is 15.4. The normalized spacial score (nSPS) is 17.6. The van der Waals surface area contributed by atoms with Crippen LogP contribution in [0, 0.1) is 5.92 Å². The van der Waals surface area contributed by atoms with E-state index in [2.05, 4.69) is 5.32 Å². The minimum atomic E-state index is -1.18. The van der Waals surface area contributed by atoms with Crippen LogP contribution in [0.1, 0.15) is 49.8 Å². The summed E-state index contributed by atoms with van der Waals surface area (Å²) in [6.07, 6.45) is 3.86.